The molecule has 0 spiro atoms. The van der Waals surface area contributed by atoms with Gasteiger partial charge in [0.25, 0.3) is 28.4 Å². The van der Waals surface area contributed by atoms with E-state index in [2.05, 4.69) is 10.5 Å². The van der Waals surface area contributed by atoms with E-state index in [4.69, 9.17) is 0 Å². The van der Waals surface area contributed by atoms with Crippen LogP contribution < -0.4 is 5.43 Å². The van der Waals surface area contributed by atoms with Gasteiger partial charge in [-0.1, -0.05) is 0 Å². The molecule has 0 saturated carbocycles. The molecular formula is C19H9N7O10. The number of benzene rings is 3. The second-order valence-corrected chi connectivity index (χ2v) is 7.18. The van der Waals surface area contributed by atoms with Gasteiger partial charge in [0.1, 0.15) is 5.71 Å². The first kappa shape index (κ1) is 23.3. The zero-order valence-electron chi connectivity index (χ0n) is 17.4. The van der Waals surface area contributed by atoms with Crippen molar-refractivity contribution in [1.82, 2.24) is 0 Å². The highest BCUT2D eigenvalue weighted by Gasteiger charge is 2.41. The molecule has 1 aliphatic rings. The molecule has 4 rings (SSSR count). The lowest BCUT2D eigenvalue weighted by Crippen LogP contribution is -2.05. The van der Waals surface area contributed by atoms with Crippen LogP contribution in [0.3, 0.4) is 0 Å². The molecule has 0 aromatic heterocycles. The Hall–Kier alpha value is -5.87. The number of hydrazone groups is 1. The van der Waals surface area contributed by atoms with E-state index in [0.29, 0.717) is 12.1 Å². The maximum atomic E-state index is 11.8. The molecule has 0 unspecified atom stereocenters. The van der Waals surface area contributed by atoms with Gasteiger partial charge in [-0.05, 0) is 12.1 Å². The monoisotopic (exact) mass is 495 g/mol. The predicted octanol–water partition coefficient (Wildman–Crippen LogP) is 4.07. The number of nitro groups is 5. The molecule has 36 heavy (non-hydrogen) atoms. The molecule has 17 nitrogen and oxygen atoms in total. The minimum absolute atomic E-state index is 0.183. The molecule has 0 amide bonds. The smallest absolute Gasteiger partial charge is 0.278 e. The summed E-state index contributed by atoms with van der Waals surface area (Å²) in [5.74, 6) is 0. The normalized spacial score (nSPS) is 11.3. The summed E-state index contributed by atoms with van der Waals surface area (Å²) in [6, 6.07) is 7.90. The first-order chi connectivity index (χ1) is 17.0. The Morgan fingerprint density at radius 3 is 1.33 bits per heavy atom. The second kappa shape index (κ2) is 8.48. The van der Waals surface area contributed by atoms with Crippen molar-refractivity contribution < 1.29 is 24.6 Å². The van der Waals surface area contributed by atoms with Gasteiger partial charge in [0.2, 0.25) is 0 Å². The van der Waals surface area contributed by atoms with Crippen molar-refractivity contribution in [3.63, 3.8) is 0 Å². The van der Waals surface area contributed by atoms with Gasteiger partial charge in [-0.3, -0.25) is 56.0 Å². The fraction of sp³-hybridized carbons (Fsp3) is 0. The van der Waals surface area contributed by atoms with Crippen molar-refractivity contribution >= 4 is 39.8 Å². The van der Waals surface area contributed by atoms with Crippen molar-refractivity contribution in [1.29, 1.82) is 0 Å². The summed E-state index contributed by atoms with van der Waals surface area (Å²) in [4.78, 5) is 52.8. The number of nitrogens with one attached hydrogen (secondary N) is 1. The molecular weight excluding hydrogens is 486 g/mol. The number of fused-ring (bicyclic) bond motifs is 3. The summed E-state index contributed by atoms with van der Waals surface area (Å²) in [5.41, 5.74) is -2.15. The molecule has 17 heteroatoms. The highest BCUT2D eigenvalue weighted by Crippen LogP contribution is 2.50. The van der Waals surface area contributed by atoms with Crippen molar-refractivity contribution in [3.8, 4) is 11.1 Å². The van der Waals surface area contributed by atoms with Gasteiger partial charge in [0, 0.05) is 35.4 Å². The van der Waals surface area contributed by atoms with Crippen molar-refractivity contribution in [2.24, 2.45) is 5.10 Å². The number of nitrogens with zero attached hydrogens (tertiary/aromatic N) is 6. The van der Waals surface area contributed by atoms with Crippen LogP contribution in [0.4, 0.5) is 34.1 Å². The quantitative estimate of drug-likeness (QED) is 0.283. The van der Waals surface area contributed by atoms with Crippen LogP contribution in [0.5, 0.6) is 0 Å². The van der Waals surface area contributed by atoms with E-state index in [0.717, 1.165) is 24.3 Å². The summed E-state index contributed by atoms with van der Waals surface area (Å²) >= 11 is 0. The zero-order chi connectivity index (χ0) is 26.3. The Kier molecular flexibility index (Phi) is 5.49. The number of nitro benzene ring substituents is 5. The topological polar surface area (TPSA) is 240 Å². The number of non-ortho nitro benzene ring substituents is 3. The van der Waals surface area contributed by atoms with Crippen LogP contribution >= 0.6 is 0 Å². The van der Waals surface area contributed by atoms with E-state index >= 15 is 0 Å². The standard InChI is InChI=1S/C19H9N7O10/c27-22(28)10-3-1-9(2-4-10)20-21-19-13-5-11(23(29)30)7-15(25(33)34)17(13)18-14(19)6-12(24(31)32)8-16(18)26(35)36/h1-8,20H. The third kappa shape index (κ3) is 3.87. The van der Waals surface area contributed by atoms with Gasteiger partial charge in [0.15, 0.2) is 0 Å². The highest BCUT2D eigenvalue weighted by molar-refractivity contribution is 6.27. The molecule has 180 valence electrons. The fourth-order valence-corrected chi connectivity index (χ4v) is 3.67. The lowest BCUT2D eigenvalue weighted by atomic mass is 10.0. The van der Waals surface area contributed by atoms with Crippen LogP contribution in [-0.2, 0) is 0 Å². The van der Waals surface area contributed by atoms with Gasteiger partial charge in [-0.2, -0.15) is 5.10 Å². The third-order valence-electron chi connectivity index (χ3n) is 5.15. The number of hydrogen-bond donors (Lipinski definition) is 1. The molecule has 0 saturated heterocycles. The lowest BCUT2D eigenvalue weighted by Gasteiger charge is -2.05. The average Bonchev–Trinajstić information content (AvgIpc) is 3.14. The minimum Gasteiger partial charge on any atom is -0.278 e. The molecule has 1 N–H and O–H groups in total. The Morgan fingerprint density at radius 1 is 0.556 bits per heavy atom. The molecule has 0 bridgehead atoms. The molecule has 0 fully saturated rings. The highest BCUT2D eigenvalue weighted by atomic mass is 16.6. The van der Waals surface area contributed by atoms with E-state index in [9.17, 15) is 50.6 Å². The zero-order valence-corrected chi connectivity index (χ0v) is 17.4. The Morgan fingerprint density at radius 2 is 0.972 bits per heavy atom. The summed E-state index contributed by atoms with van der Waals surface area (Å²) in [5, 5.41) is 61.3. The third-order valence-corrected chi connectivity index (χ3v) is 5.15. The van der Waals surface area contributed by atoms with Crippen LogP contribution in [0, 0.1) is 50.6 Å². The summed E-state index contributed by atoms with van der Waals surface area (Å²) in [7, 11) is 0. The molecule has 0 heterocycles. The first-order valence-electron chi connectivity index (χ1n) is 9.52. The van der Waals surface area contributed by atoms with Crippen LogP contribution in [0.2, 0.25) is 0 Å². The van der Waals surface area contributed by atoms with E-state index in [-0.39, 0.29) is 39.3 Å². The number of anilines is 1. The van der Waals surface area contributed by atoms with Gasteiger partial charge in [-0.25, -0.2) is 0 Å². The van der Waals surface area contributed by atoms with E-state index in [1.807, 2.05) is 0 Å². The van der Waals surface area contributed by atoms with Crippen molar-refractivity contribution in [2.45, 2.75) is 0 Å². The summed E-state index contributed by atoms with van der Waals surface area (Å²) in [6.45, 7) is 0. The van der Waals surface area contributed by atoms with Crippen molar-refractivity contribution in [2.75, 3.05) is 5.43 Å². The molecule has 0 atom stereocenters. The molecule has 3 aromatic rings. The summed E-state index contributed by atoms with van der Waals surface area (Å²) in [6.07, 6.45) is 0. The Labute approximate surface area is 197 Å². The van der Waals surface area contributed by atoms with Gasteiger partial charge >= 0.3 is 0 Å². The van der Waals surface area contributed by atoms with Gasteiger partial charge in [-0.15, -0.1) is 0 Å². The SMILES string of the molecule is O=[N+]([O-])c1ccc(NN=C2c3cc([N+](=O)[O-])cc([N+](=O)[O-])c3-c3c2cc([N+](=O)[O-])cc3[N+](=O)[O-])cc1. The average molecular weight is 495 g/mol. The number of rotatable bonds is 7. The van der Waals surface area contributed by atoms with E-state index in [1.54, 1.807) is 0 Å². The second-order valence-electron chi connectivity index (χ2n) is 7.18. The molecule has 0 radical (unpaired) electrons. The van der Waals surface area contributed by atoms with Gasteiger partial charge < -0.3 is 0 Å². The van der Waals surface area contributed by atoms with Crippen LogP contribution in [0.25, 0.3) is 11.1 Å². The molecule has 3 aromatic carbocycles. The number of hydrogen-bond acceptors (Lipinski definition) is 12. The lowest BCUT2D eigenvalue weighted by molar-refractivity contribution is -0.395. The molecule has 1 aliphatic carbocycles. The first-order valence-corrected chi connectivity index (χ1v) is 9.52. The Balaban J connectivity index is 2.02. The van der Waals surface area contributed by atoms with Crippen LogP contribution in [-0.4, -0.2) is 30.3 Å². The predicted molar refractivity (Wildman–Crippen MR) is 121 cm³/mol. The summed E-state index contributed by atoms with van der Waals surface area (Å²) < 4.78 is 0. The maximum Gasteiger partial charge on any atom is 0.285 e. The van der Waals surface area contributed by atoms with Gasteiger partial charge in [0.05, 0.1) is 53.6 Å². The fourth-order valence-electron chi connectivity index (χ4n) is 3.67. The van der Waals surface area contributed by atoms with E-state index < -0.39 is 47.4 Å². The van der Waals surface area contributed by atoms with E-state index in [1.165, 1.54) is 12.1 Å². The maximum absolute atomic E-state index is 11.8. The molecule has 0 aliphatic heterocycles. The minimum atomic E-state index is -0.965. The van der Waals surface area contributed by atoms with Crippen molar-refractivity contribution in [3.05, 3.63) is 110 Å². The van der Waals surface area contributed by atoms with Crippen LogP contribution in [0.15, 0.2) is 53.6 Å². The Bertz CT molecular complexity index is 1470. The largest absolute Gasteiger partial charge is 0.285 e. The van der Waals surface area contributed by atoms with Crippen LogP contribution in [0.1, 0.15) is 11.1 Å².